The lowest BCUT2D eigenvalue weighted by Gasteiger charge is -2.14. The molecule has 0 saturated heterocycles. The third kappa shape index (κ3) is 3.44. The average molecular weight is 415 g/mol. The van der Waals surface area contributed by atoms with Crippen LogP contribution in [0.25, 0.3) is 11.4 Å². The minimum atomic E-state index is -0.221. The normalized spacial score (nSPS) is 13.4. The van der Waals surface area contributed by atoms with Crippen molar-refractivity contribution in [1.82, 2.24) is 20.1 Å². The SMILES string of the molecule is O=C(NCCn1nc(-c2ccccn2)c2c1CCCC2)c1ccc(Br)o1. The second-order valence-electron chi connectivity index (χ2n) is 6.28. The average Bonchev–Trinajstić information content (AvgIpc) is 3.27. The van der Waals surface area contributed by atoms with Crippen LogP contribution in [0.4, 0.5) is 0 Å². The summed E-state index contributed by atoms with van der Waals surface area (Å²) in [7, 11) is 0. The van der Waals surface area contributed by atoms with E-state index in [0.29, 0.717) is 23.5 Å². The van der Waals surface area contributed by atoms with Crippen LogP contribution >= 0.6 is 15.9 Å². The van der Waals surface area contributed by atoms with Crippen molar-refractivity contribution in [2.45, 2.75) is 32.2 Å². The fourth-order valence-corrected chi connectivity index (χ4v) is 3.67. The zero-order valence-electron chi connectivity index (χ0n) is 14.2. The topological polar surface area (TPSA) is 73.0 Å². The van der Waals surface area contributed by atoms with Crippen LogP contribution in [0.3, 0.4) is 0 Å². The van der Waals surface area contributed by atoms with Gasteiger partial charge in [-0.2, -0.15) is 5.10 Å². The van der Waals surface area contributed by atoms with Gasteiger partial charge in [0.05, 0.1) is 12.2 Å². The Morgan fingerprint density at radius 1 is 1.23 bits per heavy atom. The minimum Gasteiger partial charge on any atom is -0.444 e. The van der Waals surface area contributed by atoms with Gasteiger partial charge in [0.2, 0.25) is 0 Å². The van der Waals surface area contributed by atoms with Gasteiger partial charge in [-0.05, 0) is 65.9 Å². The van der Waals surface area contributed by atoms with Crippen molar-refractivity contribution in [3.63, 3.8) is 0 Å². The van der Waals surface area contributed by atoms with E-state index in [1.807, 2.05) is 22.9 Å². The predicted molar refractivity (Wildman–Crippen MR) is 101 cm³/mol. The van der Waals surface area contributed by atoms with Crippen molar-refractivity contribution in [2.75, 3.05) is 6.54 Å². The van der Waals surface area contributed by atoms with Crippen LogP contribution in [0.1, 0.15) is 34.7 Å². The van der Waals surface area contributed by atoms with Crippen LogP contribution in [-0.4, -0.2) is 27.2 Å². The number of rotatable bonds is 5. The van der Waals surface area contributed by atoms with E-state index in [4.69, 9.17) is 9.52 Å². The second kappa shape index (κ2) is 7.45. The molecule has 26 heavy (non-hydrogen) atoms. The summed E-state index contributed by atoms with van der Waals surface area (Å²) in [5.74, 6) is 0.0789. The van der Waals surface area contributed by atoms with Crippen molar-refractivity contribution >= 4 is 21.8 Å². The zero-order valence-corrected chi connectivity index (χ0v) is 15.8. The first-order valence-electron chi connectivity index (χ1n) is 8.76. The summed E-state index contributed by atoms with van der Waals surface area (Å²) in [6, 6.07) is 9.25. The Labute approximate surface area is 159 Å². The van der Waals surface area contributed by atoms with Crippen molar-refractivity contribution in [1.29, 1.82) is 0 Å². The molecule has 4 rings (SSSR count). The maximum Gasteiger partial charge on any atom is 0.287 e. The second-order valence-corrected chi connectivity index (χ2v) is 7.06. The molecular formula is C19H19BrN4O2. The highest BCUT2D eigenvalue weighted by atomic mass is 79.9. The Bertz CT molecular complexity index is 917. The number of fused-ring (bicyclic) bond motifs is 1. The van der Waals surface area contributed by atoms with Crippen molar-refractivity contribution in [2.24, 2.45) is 0 Å². The van der Waals surface area contributed by atoms with E-state index in [1.54, 1.807) is 18.3 Å². The highest BCUT2D eigenvalue weighted by Gasteiger charge is 2.22. The number of halogens is 1. The molecule has 0 radical (unpaired) electrons. The third-order valence-electron chi connectivity index (χ3n) is 4.57. The Morgan fingerprint density at radius 3 is 2.88 bits per heavy atom. The molecule has 0 bridgehead atoms. The Kier molecular flexibility index (Phi) is 4.88. The van der Waals surface area contributed by atoms with Crippen molar-refractivity contribution in [3.8, 4) is 11.4 Å². The van der Waals surface area contributed by atoms with Crippen LogP contribution in [0.2, 0.25) is 0 Å². The van der Waals surface area contributed by atoms with Crippen molar-refractivity contribution in [3.05, 3.63) is 58.2 Å². The van der Waals surface area contributed by atoms with Gasteiger partial charge in [0.1, 0.15) is 5.69 Å². The first-order chi connectivity index (χ1) is 12.7. The Morgan fingerprint density at radius 2 is 2.12 bits per heavy atom. The van der Waals surface area contributed by atoms with Gasteiger partial charge in [0.25, 0.3) is 5.91 Å². The Balaban J connectivity index is 1.50. The molecule has 3 heterocycles. The number of hydrogen-bond donors (Lipinski definition) is 1. The fraction of sp³-hybridized carbons (Fsp3) is 0.316. The maximum atomic E-state index is 12.1. The minimum absolute atomic E-state index is 0.221. The molecule has 3 aromatic heterocycles. The molecule has 1 amide bonds. The standard InChI is InChI=1S/C19H19BrN4O2/c20-17-9-8-16(26-17)19(25)22-11-12-24-15-7-2-1-5-13(15)18(23-24)14-6-3-4-10-21-14/h3-4,6,8-10H,1-2,5,7,11-12H2,(H,22,25). The highest BCUT2D eigenvalue weighted by Crippen LogP contribution is 2.30. The number of amides is 1. The van der Waals surface area contributed by atoms with Crippen LogP contribution in [0.15, 0.2) is 45.6 Å². The van der Waals surface area contributed by atoms with Gasteiger partial charge in [-0.15, -0.1) is 0 Å². The molecule has 0 aliphatic heterocycles. The lowest BCUT2D eigenvalue weighted by Crippen LogP contribution is -2.27. The number of carbonyl (C=O) groups is 1. The van der Waals surface area contributed by atoms with E-state index < -0.39 is 0 Å². The highest BCUT2D eigenvalue weighted by molar-refractivity contribution is 9.10. The van der Waals surface area contributed by atoms with Gasteiger partial charge in [0.15, 0.2) is 10.4 Å². The van der Waals surface area contributed by atoms with E-state index in [0.717, 1.165) is 24.2 Å². The molecule has 0 atom stereocenters. The quantitative estimate of drug-likeness (QED) is 0.691. The lowest BCUT2D eigenvalue weighted by molar-refractivity contribution is 0.0923. The van der Waals surface area contributed by atoms with E-state index in [1.165, 1.54) is 24.1 Å². The van der Waals surface area contributed by atoms with Crippen LogP contribution in [-0.2, 0) is 19.4 Å². The van der Waals surface area contributed by atoms with Gasteiger partial charge in [-0.3, -0.25) is 14.5 Å². The van der Waals surface area contributed by atoms with Gasteiger partial charge in [0, 0.05) is 24.0 Å². The van der Waals surface area contributed by atoms with Gasteiger partial charge < -0.3 is 9.73 Å². The van der Waals surface area contributed by atoms with Gasteiger partial charge >= 0.3 is 0 Å². The molecule has 1 aliphatic rings. The van der Waals surface area contributed by atoms with Crippen molar-refractivity contribution < 1.29 is 9.21 Å². The van der Waals surface area contributed by atoms with Crippen LogP contribution < -0.4 is 5.32 Å². The van der Waals surface area contributed by atoms with Gasteiger partial charge in [-0.25, -0.2) is 0 Å². The molecule has 1 aliphatic carbocycles. The molecule has 134 valence electrons. The summed E-state index contributed by atoms with van der Waals surface area (Å²) in [4.78, 5) is 16.6. The van der Waals surface area contributed by atoms with E-state index in [-0.39, 0.29) is 5.91 Å². The summed E-state index contributed by atoms with van der Waals surface area (Å²) in [5.41, 5.74) is 4.46. The predicted octanol–water partition coefficient (Wildman–Crippen LogP) is 3.61. The number of aromatic nitrogens is 3. The summed E-state index contributed by atoms with van der Waals surface area (Å²) in [6.07, 6.45) is 6.21. The van der Waals surface area contributed by atoms with Crippen LogP contribution in [0, 0.1) is 0 Å². The molecule has 0 saturated carbocycles. The number of furan rings is 1. The molecule has 3 aromatic rings. The molecule has 0 unspecified atom stereocenters. The monoisotopic (exact) mass is 414 g/mol. The van der Waals surface area contributed by atoms with E-state index in [9.17, 15) is 4.79 Å². The smallest absolute Gasteiger partial charge is 0.287 e. The number of carbonyl (C=O) groups excluding carboxylic acids is 1. The first-order valence-corrected chi connectivity index (χ1v) is 9.55. The van der Waals surface area contributed by atoms with Crippen LogP contribution in [0.5, 0.6) is 0 Å². The van der Waals surface area contributed by atoms with Gasteiger partial charge in [-0.1, -0.05) is 6.07 Å². The molecule has 6 nitrogen and oxygen atoms in total. The molecule has 1 N–H and O–H groups in total. The lowest BCUT2D eigenvalue weighted by atomic mass is 9.95. The molecular weight excluding hydrogens is 396 g/mol. The van der Waals surface area contributed by atoms with E-state index in [2.05, 4.69) is 26.2 Å². The number of nitrogens with one attached hydrogen (secondary N) is 1. The summed E-state index contributed by atoms with van der Waals surface area (Å²) in [6.45, 7) is 1.12. The molecule has 0 aromatic carbocycles. The Hall–Kier alpha value is -2.41. The number of nitrogens with zero attached hydrogens (tertiary/aromatic N) is 3. The zero-order chi connectivity index (χ0) is 17.9. The molecule has 0 spiro atoms. The third-order valence-corrected chi connectivity index (χ3v) is 5.00. The summed E-state index contributed by atoms with van der Waals surface area (Å²) in [5, 5.41) is 7.69. The largest absolute Gasteiger partial charge is 0.444 e. The molecule has 0 fully saturated rings. The number of pyridine rings is 1. The summed E-state index contributed by atoms with van der Waals surface area (Å²) >= 11 is 3.20. The van der Waals surface area contributed by atoms with E-state index >= 15 is 0 Å². The first kappa shape index (κ1) is 17.0. The summed E-state index contributed by atoms with van der Waals surface area (Å²) < 4.78 is 7.84. The maximum absolute atomic E-state index is 12.1. The fourth-order valence-electron chi connectivity index (χ4n) is 3.36. The number of hydrogen-bond acceptors (Lipinski definition) is 4. The molecule has 7 heteroatoms.